The summed E-state index contributed by atoms with van der Waals surface area (Å²) in [5.74, 6) is 2.09. The number of aromatic nitrogens is 4. The van der Waals surface area contributed by atoms with Gasteiger partial charge >= 0.3 is 0 Å². The molecule has 0 unspecified atom stereocenters. The summed E-state index contributed by atoms with van der Waals surface area (Å²) in [5.41, 5.74) is 2.20. The van der Waals surface area contributed by atoms with Gasteiger partial charge in [0.05, 0.1) is 36.1 Å². The van der Waals surface area contributed by atoms with E-state index in [4.69, 9.17) is 19.8 Å². The van der Waals surface area contributed by atoms with Crippen molar-refractivity contribution in [1.82, 2.24) is 24.6 Å². The van der Waals surface area contributed by atoms with E-state index < -0.39 is 9.84 Å². The highest BCUT2D eigenvalue weighted by Gasteiger charge is 2.30. The fraction of sp³-hybridized carbons (Fsp3) is 0.667. The molecule has 0 spiro atoms. The van der Waals surface area contributed by atoms with Crippen LogP contribution < -0.4 is 5.32 Å². The van der Waals surface area contributed by atoms with Crippen LogP contribution in [0.3, 0.4) is 0 Å². The highest BCUT2D eigenvalue weighted by molar-refractivity contribution is 7.91. The number of sulfone groups is 1. The molecular formula is C27H36N6O3S2. The third-order valence-electron chi connectivity index (χ3n) is 8.90. The molecule has 204 valence electrons. The fourth-order valence-electron chi connectivity index (χ4n) is 6.74. The van der Waals surface area contributed by atoms with E-state index in [9.17, 15) is 8.42 Å². The minimum absolute atomic E-state index is 0.112. The number of hydrogen-bond acceptors (Lipinski definition) is 9. The molecule has 7 rings (SSSR count). The van der Waals surface area contributed by atoms with Crippen LogP contribution in [0.4, 0.5) is 5.82 Å². The summed E-state index contributed by atoms with van der Waals surface area (Å²) in [5, 5.41) is 9.91. The number of fused-ring (bicyclic) bond motifs is 3. The monoisotopic (exact) mass is 556 g/mol. The van der Waals surface area contributed by atoms with Crippen molar-refractivity contribution in [3.05, 3.63) is 22.7 Å². The minimum Gasteiger partial charge on any atom is -0.379 e. The molecule has 4 aliphatic rings. The van der Waals surface area contributed by atoms with Gasteiger partial charge in [0.25, 0.3) is 0 Å². The van der Waals surface area contributed by atoms with Gasteiger partial charge in [-0.2, -0.15) is 5.10 Å². The summed E-state index contributed by atoms with van der Waals surface area (Å²) >= 11 is 1.81. The normalized spacial score (nSPS) is 26.5. The third kappa shape index (κ3) is 4.87. The molecule has 5 heterocycles. The van der Waals surface area contributed by atoms with Crippen LogP contribution in [0.15, 0.2) is 12.3 Å². The number of anilines is 1. The van der Waals surface area contributed by atoms with Gasteiger partial charge in [0, 0.05) is 36.2 Å². The first-order valence-corrected chi connectivity index (χ1v) is 16.8. The van der Waals surface area contributed by atoms with E-state index in [0.717, 1.165) is 68.3 Å². The van der Waals surface area contributed by atoms with E-state index in [0.29, 0.717) is 30.7 Å². The van der Waals surface area contributed by atoms with Crippen molar-refractivity contribution in [3.63, 3.8) is 0 Å². The molecule has 11 heteroatoms. The Kier molecular flexibility index (Phi) is 6.66. The minimum atomic E-state index is -2.90. The highest BCUT2D eigenvalue weighted by Crippen LogP contribution is 2.41. The third-order valence-corrected chi connectivity index (χ3v) is 11.8. The van der Waals surface area contributed by atoms with Gasteiger partial charge < -0.3 is 10.1 Å². The van der Waals surface area contributed by atoms with Crippen LogP contribution in [-0.4, -0.2) is 83.0 Å². The number of nitrogens with one attached hydrogen (secondary N) is 1. The maximum atomic E-state index is 11.9. The van der Waals surface area contributed by atoms with Crippen LogP contribution in [0.2, 0.25) is 0 Å². The molecule has 9 nitrogen and oxygen atoms in total. The molecular weight excluding hydrogens is 520 g/mol. The van der Waals surface area contributed by atoms with E-state index >= 15 is 0 Å². The Labute approximate surface area is 227 Å². The van der Waals surface area contributed by atoms with Crippen LogP contribution >= 0.6 is 11.3 Å². The average Bonchev–Trinajstić information content (AvgIpc) is 3.66. The molecule has 3 aromatic rings. The number of thiophene rings is 1. The van der Waals surface area contributed by atoms with Gasteiger partial charge in [0.2, 0.25) is 0 Å². The van der Waals surface area contributed by atoms with Crippen LogP contribution in [0.5, 0.6) is 0 Å². The zero-order valence-corrected chi connectivity index (χ0v) is 23.4. The molecule has 3 fully saturated rings. The van der Waals surface area contributed by atoms with Gasteiger partial charge in [-0.3, -0.25) is 9.58 Å². The number of rotatable bonds is 5. The molecule has 2 saturated heterocycles. The van der Waals surface area contributed by atoms with E-state index in [1.165, 1.54) is 35.1 Å². The van der Waals surface area contributed by atoms with Gasteiger partial charge in [-0.1, -0.05) is 0 Å². The molecule has 0 atom stereocenters. The Morgan fingerprint density at radius 1 is 0.974 bits per heavy atom. The lowest BCUT2D eigenvalue weighted by molar-refractivity contribution is 0.00791. The SMILES string of the molecule is O=S1(=O)CCC(n2ccc(-c3nc(NC4CCC(N5CCOCC5)CC4)c4c5c(sc4n3)CCC5)n2)CC1. The molecule has 1 saturated carbocycles. The number of hydrogen-bond donors (Lipinski definition) is 1. The quantitative estimate of drug-likeness (QED) is 0.506. The lowest BCUT2D eigenvalue weighted by Crippen LogP contribution is -2.46. The first-order chi connectivity index (χ1) is 18.5. The van der Waals surface area contributed by atoms with E-state index in [-0.39, 0.29) is 17.5 Å². The van der Waals surface area contributed by atoms with Gasteiger partial charge in [-0.15, -0.1) is 11.3 Å². The van der Waals surface area contributed by atoms with Crippen molar-refractivity contribution in [1.29, 1.82) is 0 Å². The molecule has 0 aromatic carbocycles. The molecule has 3 aromatic heterocycles. The predicted octanol–water partition coefficient (Wildman–Crippen LogP) is 3.85. The first kappa shape index (κ1) is 24.9. The molecule has 38 heavy (non-hydrogen) atoms. The summed E-state index contributed by atoms with van der Waals surface area (Å²) in [4.78, 5) is 15.2. The Bertz CT molecular complexity index is 1410. The summed E-state index contributed by atoms with van der Waals surface area (Å²) in [6.45, 7) is 3.84. The van der Waals surface area contributed by atoms with E-state index in [2.05, 4.69) is 10.2 Å². The van der Waals surface area contributed by atoms with Crippen LogP contribution in [-0.2, 0) is 27.4 Å². The zero-order chi connectivity index (χ0) is 25.7. The smallest absolute Gasteiger partial charge is 0.183 e. The Hall–Kier alpha value is -2.08. The van der Waals surface area contributed by atoms with Crippen molar-refractivity contribution in [2.75, 3.05) is 43.1 Å². The standard InChI is InChI=1S/C27H36N6O3S2/c34-38(35)16-9-20(10-17-38)33-11-8-22(31-33)25-29-26(24-21-2-1-3-23(21)37-27(24)30-25)28-18-4-6-19(7-5-18)32-12-14-36-15-13-32/h8,11,18-20H,1-7,9-10,12-17H2,(H,28,29,30). The van der Waals surface area contributed by atoms with Crippen molar-refractivity contribution in [2.45, 2.75) is 75.9 Å². The summed E-state index contributed by atoms with van der Waals surface area (Å²) in [6, 6.07) is 3.17. The van der Waals surface area contributed by atoms with Crippen molar-refractivity contribution < 1.29 is 13.2 Å². The Morgan fingerprint density at radius 2 is 1.76 bits per heavy atom. The second-order valence-electron chi connectivity index (χ2n) is 11.3. The maximum Gasteiger partial charge on any atom is 0.183 e. The van der Waals surface area contributed by atoms with Gasteiger partial charge in [-0.25, -0.2) is 18.4 Å². The van der Waals surface area contributed by atoms with E-state index in [1.807, 2.05) is 28.3 Å². The lowest BCUT2D eigenvalue weighted by Gasteiger charge is -2.39. The van der Waals surface area contributed by atoms with Crippen LogP contribution in [0, 0.1) is 0 Å². The van der Waals surface area contributed by atoms with Crippen molar-refractivity contribution in [2.24, 2.45) is 0 Å². The second-order valence-corrected chi connectivity index (χ2v) is 14.7. The zero-order valence-electron chi connectivity index (χ0n) is 21.8. The Morgan fingerprint density at radius 3 is 2.55 bits per heavy atom. The summed E-state index contributed by atoms with van der Waals surface area (Å²) in [6.07, 6.45) is 11.4. The van der Waals surface area contributed by atoms with Crippen LogP contribution in [0.25, 0.3) is 21.7 Å². The molecule has 0 radical (unpaired) electrons. The van der Waals surface area contributed by atoms with Crippen molar-refractivity contribution >= 4 is 37.2 Å². The van der Waals surface area contributed by atoms with E-state index in [1.54, 1.807) is 0 Å². The topological polar surface area (TPSA) is 102 Å². The molecule has 1 N–H and O–H groups in total. The Balaban J connectivity index is 1.14. The molecule has 0 bridgehead atoms. The number of aryl methyl sites for hydroxylation is 2. The van der Waals surface area contributed by atoms with Crippen LogP contribution in [0.1, 0.15) is 61.4 Å². The largest absolute Gasteiger partial charge is 0.379 e. The summed E-state index contributed by atoms with van der Waals surface area (Å²) in [7, 11) is -2.90. The number of nitrogens with zero attached hydrogens (tertiary/aromatic N) is 5. The average molecular weight is 557 g/mol. The van der Waals surface area contributed by atoms with Gasteiger partial charge in [0.1, 0.15) is 26.2 Å². The molecule has 2 aliphatic carbocycles. The maximum absolute atomic E-state index is 11.9. The predicted molar refractivity (Wildman–Crippen MR) is 150 cm³/mol. The molecule has 2 aliphatic heterocycles. The second kappa shape index (κ2) is 10.1. The fourth-order valence-corrected chi connectivity index (χ4v) is 9.47. The highest BCUT2D eigenvalue weighted by atomic mass is 32.2. The number of ether oxygens (including phenoxy) is 1. The van der Waals surface area contributed by atoms with Crippen molar-refractivity contribution in [3.8, 4) is 11.5 Å². The molecule has 0 amide bonds. The first-order valence-electron chi connectivity index (χ1n) is 14.2. The lowest BCUT2D eigenvalue weighted by atomic mass is 9.90. The van der Waals surface area contributed by atoms with Gasteiger partial charge in [0.15, 0.2) is 5.82 Å². The number of morpholine rings is 1. The van der Waals surface area contributed by atoms with Gasteiger partial charge in [-0.05, 0) is 69.4 Å². The summed E-state index contributed by atoms with van der Waals surface area (Å²) < 4.78 is 31.2.